The Labute approximate surface area is 97.9 Å². The maximum atomic E-state index is 11.0. The summed E-state index contributed by atoms with van der Waals surface area (Å²) in [4.78, 5) is 11.0. The quantitative estimate of drug-likeness (QED) is 0.829. The highest BCUT2D eigenvalue weighted by Gasteiger charge is 2.04. The van der Waals surface area contributed by atoms with E-state index in [1.165, 1.54) is 0 Å². The van der Waals surface area contributed by atoms with Crippen molar-refractivity contribution in [2.75, 3.05) is 10.6 Å². The minimum Gasteiger partial charge on any atom is -0.324 e. The van der Waals surface area contributed by atoms with Gasteiger partial charge in [0.15, 0.2) is 0 Å². The molecule has 1 N–H and O–H groups in total. The van der Waals surface area contributed by atoms with Crippen molar-refractivity contribution in [2.24, 2.45) is 0 Å². The fourth-order valence-corrected chi connectivity index (χ4v) is 1.43. The minimum atomic E-state index is -0.108. The Hall–Kier alpha value is -0.0600. The summed E-state index contributed by atoms with van der Waals surface area (Å²) in [5.41, 5.74) is 0.678. The SMILES string of the molecule is O=C(CBr)Nc1cc(Cl)ccc1Br. The fraction of sp³-hybridized carbons (Fsp3) is 0.125. The molecule has 0 bridgehead atoms. The molecule has 1 amide bonds. The highest BCUT2D eigenvalue weighted by molar-refractivity contribution is 9.10. The van der Waals surface area contributed by atoms with Crippen LogP contribution in [0.4, 0.5) is 5.69 Å². The van der Waals surface area contributed by atoms with Crippen LogP contribution in [0.5, 0.6) is 0 Å². The van der Waals surface area contributed by atoms with Crippen LogP contribution < -0.4 is 5.32 Å². The van der Waals surface area contributed by atoms with Crippen molar-refractivity contribution in [3.8, 4) is 0 Å². The van der Waals surface area contributed by atoms with E-state index >= 15 is 0 Å². The van der Waals surface area contributed by atoms with Crippen LogP contribution in [-0.4, -0.2) is 11.2 Å². The van der Waals surface area contributed by atoms with Crippen LogP contribution in [0.2, 0.25) is 5.02 Å². The third kappa shape index (κ3) is 3.29. The van der Waals surface area contributed by atoms with Gasteiger partial charge in [0.05, 0.1) is 11.0 Å². The molecule has 0 unspecified atom stereocenters. The first-order valence-electron chi connectivity index (χ1n) is 3.44. The monoisotopic (exact) mass is 325 g/mol. The number of halogens is 3. The Bertz CT molecular complexity index is 330. The maximum absolute atomic E-state index is 11.0. The van der Waals surface area contributed by atoms with Crippen LogP contribution >= 0.6 is 43.5 Å². The number of rotatable bonds is 2. The lowest BCUT2D eigenvalue weighted by Gasteiger charge is -2.05. The average molecular weight is 327 g/mol. The zero-order valence-corrected chi connectivity index (χ0v) is 10.4. The molecule has 0 atom stereocenters. The van der Waals surface area contributed by atoms with E-state index < -0.39 is 0 Å². The van der Waals surface area contributed by atoms with E-state index in [0.29, 0.717) is 10.7 Å². The Balaban J connectivity index is 2.87. The summed E-state index contributed by atoms with van der Waals surface area (Å²) in [6, 6.07) is 5.22. The van der Waals surface area contributed by atoms with Crippen molar-refractivity contribution in [2.45, 2.75) is 0 Å². The van der Waals surface area contributed by atoms with E-state index in [4.69, 9.17) is 11.6 Å². The third-order valence-electron chi connectivity index (χ3n) is 1.32. The van der Waals surface area contributed by atoms with E-state index in [2.05, 4.69) is 37.2 Å². The molecule has 0 spiro atoms. The molecule has 0 aliphatic heterocycles. The van der Waals surface area contributed by atoms with Gasteiger partial charge in [-0.2, -0.15) is 0 Å². The van der Waals surface area contributed by atoms with Gasteiger partial charge in [-0.05, 0) is 34.1 Å². The predicted molar refractivity (Wildman–Crippen MR) is 61.6 cm³/mol. The average Bonchev–Trinajstić information content (AvgIpc) is 2.11. The van der Waals surface area contributed by atoms with Gasteiger partial charge in [0.1, 0.15) is 0 Å². The topological polar surface area (TPSA) is 29.1 Å². The van der Waals surface area contributed by atoms with Crippen LogP contribution in [0, 0.1) is 0 Å². The molecule has 70 valence electrons. The Morgan fingerprint density at radius 3 is 2.85 bits per heavy atom. The van der Waals surface area contributed by atoms with Crippen molar-refractivity contribution in [1.29, 1.82) is 0 Å². The Morgan fingerprint density at radius 1 is 1.54 bits per heavy atom. The second-order valence-corrected chi connectivity index (χ2v) is 4.16. The molecule has 1 rings (SSSR count). The van der Waals surface area contributed by atoms with Crippen LogP contribution in [0.1, 0.15) is 0 Å². The van der Waals surface area contributed by atoms with Gasteiger partial charge in [-0.3, -0.25) is 4.79 Å². The molecular formula is C8H6Br2ClNO. The number of hydrogen-bond acceptors (Lipinski definition) is 1. The first-order valence-corrected chi connectivity index (χ1v) is 5.73. The first kappa shape index (κ1) is 11.0. The molecule has 5 heteroatoms. The first-order chi connectivity index (χ1) is 6.13. The fourth-order valence-electron chi connectivity index (χ4n) is 0.777. The van der Waals surface area contributed by atoms with Gasteiger partial charge in [-0.15, -0.1) is 0 Å². The summed E-state index contributed by atoms with van der Waals surface area (Å²) in [7, 11) is 0. The van der Waals surface area contributed by atoms with Gasteiger partial charge in [-0.25, -0.2) is 0 Å². The minimum absolute atomic E-state index is 0.108. The highest BCUT2D eigenvalue weighted by Crippen LogP contribution is 2.25. The molecule has 0 aromatic heterocycles. The lowest BCUT2D eigenvalue weighted by molar-refractivity contribution is -0.113. The second-order valence-electron chi connectivity index (χ2n) is 2.31. The van der Waals surface area contributed by atoms with Gasteiger partial charge in [0.25, 0.3) is 0 Å². The largest absolute Gasteiger partial charge is 0.324 e. The zero-order valence-electron chi connectivity index (χ0n) is 6.48. The molecule has 0 saturated carbocycles. The number of carbonyl (C=O) groups is 1. The van der Waals surface area contributed by atoms with Crippen LogP contribution in [0.25, 0.3) is 0 Å². The van der Waals surface area contributed by atoms with E-state index in [0.717, 1.165) is 4.47 Å². The predicted octanol–water partition coefficient (Wildman–Crippen LogP) is 3.44. The molecule has 0 fully saturated rings. The standard InChI is InChI=1S/C8H6Br2ClNO/c9-4-8(13)12-7-3-5(11)1-2-6(7)10/h1-3H,4H2,(H,12,13). The number of hydrogen-bond donors (Lipinski definition) is 1. The number of alkyl halides is 1. The van der Waals surface area contributed by atoms with Crippen molar-refractivity contribution < 1.29 is 4.79 Å². The molecule has 13 heavy (non-hydrogen) atoms. The van der Waals surface area contributed by atoms with Crippen LogP contribution in [-0.2, 0) is 4.79 Å². The Kier molecular flexibility index (Phi) is 4.22. The van der Waals surface area contributed by atoms with Gasteiger partial charge in [0.2, 0.25) is 5.91 Å². The molecule has 0 radical (unpaired) electrons. The molecule has 0 heterocycles. The van der Waals surface area contributed by atoms with Gasteiger partial charge in [0, 0.05) is 9.50 Å². The number of benzene rings is 1. The van der Waals surface area contributed by atoms with E-state index in [1.807, 2.05) is 0 Å². The maximum Gasteiger partial charge on any atom is 0.235 e. The Morgan fingerprint density at radius 2 is 2.23 bits per heavy atom. The smallest absolute Gasteiger partial charge is 0.235 e. The summed E-state index contributed by atoms with van der Waals surface area (Å²) in [5, 5.41) is 3.54. The van der Waals surface area contributed by atoms with Crippen LogP contribution in [0.3, 0.4) is 0 Å². The van der Waals surface area contributed by atoms with E-state index in [-0.39, 0.29) is 11.2 Å². The van der Waals surface area contributed by atoms with Crippen molar-refractivity contribution >= 4 is 55.1 Å². The molecule has 2 nitrogen and oxygen atoms in total. The summed E-state index contributed by atoms with van der Waals surface area (Å²) >= 11 is 12.1. The normalized spacial score (nSPS) is 9.77. The number of anilines is 1. The third-order valence-corrected chi connectivity index (χ3v) is 2.76. The lowest BCUT2D eigenvalue weighted by atomic mass is 10.3. The van der Waals surface area contributed by atoms with Gasteiger partial charge >= 0.3 is 0 Å². The summed E-state index contributed by atoms with van der Waals surface area (Å²) < 4.78 is 0.811. The summed E-state index contributed by atoms with van der Waals surface area (Å²) in [5.74, 6) is -0.108. The molecule has 0 aliphatic rings. The lowest BCUT2D eigenvalue weighted by Crippen LogP contribution is -2.12. The molecule has 1 aromatic rings. The summed E-state index contributed by atoms with van der Waals surface area (Å²) in [6.45, 7) is 0. The van der Waals surface area contributed by atoms with Crippen molar-refractivity contribution in [3.05, 3.63) is 27.7 Å². The molecular weight excluding hydrogens is 321 g/mol. The number of amides is 1. The summed E-state index contributed by atoms with van der Waals surface area (Å²) in [6.07, 6.45) is 0. The zero-order chi connectivity index (χ0) is 9.84. The number of carbonyl (C=O) groups excluding carboxylic acids is 1. The van der Waals surface area contributed by atoms with Crippen LogP contribution in [0.15, 0.2) is 22.7 Å². The highest BCUT2D eigenvalue weighted by atomic mass is 79.9. The van der Waals surface area contributed by atoms with E-state index in [9.17, 15) is 4.79 Å². The van der Waals surface area contributed by atoms with E-state index in [1.54, 1.807) is 18.2 Å². The van der Waals surface area contributed by atoms with Crippen molar-refractivity contribution in [1.82, 2.24) is 0 Å². The van der Waals surface area contributed by atoms with Gasteiger partial charge < -0.3 is 5.32 Å². The second kappa shape index (κ2) is 4.98. The molecule has 0 aliphatic carbocycles. The molecule has 1 aromatic carbocycles. The van der Waals surface area contributed by atoms with Crippen molar-refractivity contribution in [3.63, 3.8) is 0 Å². The molecule has 0 saturated heterocycles. The van der Waals surface area contributed by atoms with Gasteiger partial charge in [-0.1, -0.05) is 27.5 Å². The number of nitrogens with one attached hydrogen (secondary N) is 1.